The average Bonchev–Trinajstić information content (AvgIpc) is 2.47. The minimum atomic E-state index is 0. The minimum absolute atomic E-state index is 0. The van der Waals surface area contributed by atoms with E-state index in [4.69, 9.17) is 0 Å². The van der Waals surface area contributed by atoms with Gasteiger partial charge in [0, 0.05) is 13.1 Å². The molecule has 0 aliphatic rings. The van der Waals surface area contributed by atoms with Crippen molar-refractivity contribution >= 4 is 0 Å². The van der Waals surface area contributed by atoms with Crippen molar-refractivity contribution in [2.45, 2.75) is 46.2 Å². The minimum Gasteiger partial charge on any atom is -0.297 e. The van der Waals surface area contributed by atoms with Crippen molar-refractivity contribution in [3.63, 3.8) is 0 Å². The maximum Gasteiger partial charge on any atom is 1.00 e. The van der Waals surface area contributed by atoms with Gasteiger partial charge in [-0.15, -0.1) is 5.56 Å². The molecule has 2 heteroatoms. The third-order valence-electron chi connectivity index (χ3n) is 3.82. The second-order valence-electron chi connectivity index (χ2n) is 6.64. The van der Waals surface area contributed by atoms with Crippen molar-refractivity contribution in [1.82, 2.24) is 4.90 Å². The van der Waals surface area contributed by atoms with E-state index in [1.165, 1.54) is 16.7 Å². The molecule has 0 atom stereocenters. The van der Waals surface area contributed by atoms with Crippen LogP contribution in [0.25, 0.3) is 0 Å². The van der Waals surface area contributed by atoms with Crippen molar-refractivity contribution in [1.29, 1.82) is 0 Å². The summed E-state index contributed by atoms with van der Waals surface area (Å²) in [4.78, 5) is 2.45. The van der Waals surface area contributed by atoms with Crippen LogP contribution in [0.5, 0.6) is 0 Å². The molecule has 1 nitrogen and oxygen atoms in total. The van der Waals surface area contributed by atoms with Crippen molar-refractivity contribution in [3.8, 4) is 0 Å². The quantitative estimate of drug-likeness (QED) is 0.599. The molecule has 2 aromatic rings. The Bertz CT molecular complexity index is 557. The van der Waals surface area contributed by atoms with Crippen molar-refractivity contribution in [2.24, 2.45) is 0 Å². The van der Waals surface area contributed by atoms with Gasteiger partial charge in [-0.1, -0.05) is 58.0 Å². The van der Waals surface area contributed by atoms with E-state index < -0.39 is 0 Å². The molecule has 0 radical (unpaired) electrons. The predicted octanol–water partition coefficient (Wildman–Crippen LogP) is 1.81. The van der Waals surface area contributed by atoms with E-state index in [0.29, 0.717) is 0 Å². The summed E-state index contributed by atoms with van der Waals surface area (Å²) in [5, 5.41) is 0. The second kappa shape index (κ2) is 8.58. The summed E-state index contributed by atoms with van der Waals surface area (Å²) < 4.78 is 0. The standard InChI is InChI=1S/C20H26N.Li/c1-5-21(15-17-10-7-6-8-11-17)16-18-12-9-13-19(14-18)20(2,3)4;/h6-11,13-14H,5,15-16H2,1-4H3;/q-1;+1. The van der Waals surface area contributed by atoms with E-state index in [9.17, 15) is 0 Å². The molecule has 112 valence electrons. The number of hydrogen-bond donors (Lipinski definition) is 0. The molecule has 0 N–H and O–H groups in total. The summed E-state index contributed by atoms with van der Waals surface area (Å²) >= 11 is 0. The molecule has 2 rings (SSSR count). The number of benzene rings is 2. The zero-order chi connectivity index (χ0) is 15.3. The van der Waals surface area contributed by atoms with Crippen LogP contribution in [0.4, 0.5) is 0 Å². The summed E-state index contributed by atoms with van der Waals surface area (Å²) in [7, 11) is 0. The Morgan fingerprint density at radius 1 is 1.00 bits per heavy atom. The monoisotopic (exact) mass is 287 g/mol. The van der Waals surface area contributed by atoms with Crippen LogP contribution in [0.2, 0.25) is 0 Å². The summed E-state index contributed by atoms with van der Waals surface area (Å²) in [5.74, 6) is 0. The molecule has 0 aliphatic heterocycles. The molecule has 0 bridgehead atoms. The van der Waals surface area contributed by atoms with Crippen molar-refractivity contribution in [2.75, 3.05) is 6.54 Å². The normalized spacial score (nSPS) is 11.3. The van der Waals surface area contributed by atoms with Gasteiger partial charge in [-0.3, -0.25) is 4.90 Å². The SMILES string of the molecule is CCN(Cc1[c-]ccc(C(C)(C)C)c1)Cc1ccccc1.[Li+]. The molecule has 0 heterocycles. The van der Waals surface area contributed by atoms with Gasteiger partial charge in [-0.25, -0.2) is 0 Å². The molecule has 0 fully saturated rings. The molecular formula is C20H26LiN. The van der Waals surface area contributed by atoms with Gasteiger partial charge < -0.3 is 0 Å². The molecular weight excluding hydrogens is 261 g/mol. The Balaban J connectivity index is 0.00000242. The van der Waals surface area contributed by atoms with E-state index in [1.807, 2.05) is 0 Å². The average molecular weight is 287 g/mol. The van der Waals surface area contributed by atoms with E-state index in [2.05, 4.69) is 87.2 Å². The fourth-order valence-corrected chi connectivity index (χ4v) is 2.44. The van der Waals surface area contributed by atoms with Crippen LogP contribution in [0.1, 0.15) is 44.4 Å². The van der Waals surface area contributed by atoms with Crippen LogP contribution in [0.3, 0.4) is 0 Å². The van der Waals surface area contributed by atoms with Crippen LogP contribution in [-0.4, -0.2) is 11.4 Å². The van der Waals surface area contributed by atoms with Crippen LogP contribution in [0, 0.1) is 6.07 Å². The Morgan fingerprint density at radius 2 is 1.68 bits per heavy atom. The van der Waals surface area contributed by atoms with Gasteiger partial charge in [-0.2, -0.15) is 29.8 Å². The summed E-state index contributed by atoms with van der Waals surface area (Å²) in [6, 6.07) is 20.6. The van der Waals surface area contributed by atoms with Gasteiger partial charge in [0.25, 0.3) is 0 Å². The number of rotatable bonds is 5. The van der Waals surface area contributed by atoms with Crippen LogP contribution in [-0.2, 0) is 18.5 Å². The van der Waals surface area contributed by atoms with Gasteiger partial charge in [0.05, 0.1) is 0 Å². The first-order valence-corrected chi connectivity index (χ1v) is 7.76. The second-order valence-corrected chi connectivity index (χ2v) is 6.64. The predicted molar refractivity (Wildman–Crippen MR) is 90.2 cm³/mol. The summed E-state index contributed by atoms with van der Waals surface area (Å²) in [6.07, 6.45) is 0. The Kier molecular flexibility index (Phi) is 7.43. The van der Waals surface area contributed by atoms with Crippen LogP contribution in [0.15, 0.2) is 48.5 Å². The van der Waals surface area contributed by atoms with Gasteiger partial charge >= 0.3 is 18.9 Å². The first-order valence-electron chi connectivity index (χ1n) is 7.76. The summed E-state index contributed by atoms with van der Waals surface area (Å²) in [5.41, 5.74) is 4.22. The van der Waals surface area contributed by atoms with Crippen LogP contribution < -0.4 is 18.9 Å². The van der Waals surface area contributed by atoms with Gasteiger partial charge in [0.15, 0.2) is 0 Å². The fraction of sp³-hybridized carbons (Fsp3) is 0.400. The first-order chi connectivity index (χ1) is 9.99. The van der Waals surface area contributed by atoms with Gasteiger partial charge in [0.1, 0.15) is 0 Å². The van der Waals surface area contributed by atoms with Crippen molar-refractivity contribution < 1.29 is 18.9 Å². The third-order valence-corrected chi connectivity index (χ3v) is 3.82. The van der Waals surface area contributed by atoms with Crippen LogP contribution >= 0.6 is 0 Å². The number of hydrogen-bond acceptors (Lipinski definition) is 1. The third kappa shape index (κ3) is 5.65. The Hall–Kier alpha value is -1.00. The van der Waals surface area contributed by atoms with E-state index in [1.54, 1.807) is 0 Å². The smallest absolute Gasteiger partial charge is 0.297 e. The molecule has 0 amide bonds. The van der Waals surface area contributed by atoms with E-state index >= 15 is 0 Å². The zero-order valence-electron chi connectivity index (χ0n) is 14.7. The maximum atomic E-state index is 3.39. The molecule has 0 aromatic heterocycles. The molecule has 2 aromatic carbocycles. The van der Waals surface area contributed by atoms with E-state index in [0.717, 1.165) is 19.6 Å². The molecule has 22 heavy (non-hydrogen) atoms. The van der Waals surface area contributed by atoms with E-state index in [-0.39, 0.29) is 24.3 Å². The summed E-state index contributed by atoms with van der Waals surface area (Å²) in [6.45, 7) is 12.0. The Morgan fingerprint density at radius 3 is 2.27 bits per heavy atom. The van der Waals surface area contributed by atoms with Gasteiger partial charge in [0.2, 0.25) is 0 Å². The van der Waals surface area contributed by atoms with Crippen molar-refractivity contribution in [3.05, 3.63) is 71.3 Å². The fourth-order valence-electron chi connectivity index (χ4n) is 2.44. The zero-order valence-corrected chi connectivity index (χ0v) is 14.7. The molecule has 0 spiro atoms. The Labute approximate surface area is 147 Å². The molecule has 0 aliphatic carbocycles. The maximum absolute atomic E-state index is 3.39. The number of nitrogens with zero attached hydrogens (tertiary/aromatic N) is 1. The topological polar surface area (TPSA) is 3.24 Å². The first kappa shape index (κ1) is 19.0. The molecule has 0 saturated carbocycles. The molecule has 0 unspecified atom stereocenters. The van der Waals surface area contributed by atoms with Gasteiger partial charge in [-0.05, 0) is 17.5 Å². The largest absolute Gasteiger partial charge is 1.00 e. The molecule has 0 saturated heterocycles.